The number of esters is 1. The lowest BCUT2D eigenvalue weighted by Gasteiger charge is -2.14. The minimum Gasteiger partial charge on any atom is -0.464 e. The molecule has 3 N–H and O–H groups in total. The summed E-state index contributed by atoms with van der Waals surface area (Å²) in [5.41, 5.74) is 1.22. The van der Waals surface area contributed by atoms with E-state index in [1.165, 1.54) is 7.11 Å². The number of hydrogen-bond donors (Lipinski definition) is 3. The first-order valence-corrected chi connectivity index (χ1v) is 5.00. The van der Waals surface area contributed by atoms with Crippen LogP contribution in [0, 0.1) is 0 Å². The fourth-order valence-corrected chi connectivity index (χ4v) is 1.28. The second-order valence-electron chi connectivity index (χ2n) is 3.33. The topological polar surface area (TPSA) is 62.4 Å². The van der Waals surface area contributed by atoms with Gasteiger partial charge in [-0.25, -0.2) is 4.79 Å². The molecule has 0 radical (unpaired) electrons. The fourth-order valence-electron chi connectivity index (χ4n) is 1.28. The van der Waals surface area contributed by atoms with Gasteiger partial charge in [0.1, 0.15) is 11.9 Å². The molecule has 0 aromatic rings. The van der Waals surface area contributed by atoms with E-state index in [4.69, 9.17) is 0 Å². The first kappa shape index (κ1) is 12.3. The van der Waals surface area contributed by atoms with Crippen molar-refractivity contribution in [3.8, 4) is 0 Å². The average molecular weight is 223 g/mol. The number of rotatable bonds is 5. The second-order valence-corrected chi connectivity index (χ2v) is 3.33. The minimum atomic E-state index is -0.385. The molecule has 0 spiro atoms. The lowest BCUT2D eigenvalue weighted by molar-refractivity contribution is -0.136. The maximum atomic E-state index is 11.2. The van der Waals surface area contributed by atoms with Gasteiger partial charge in [0.2, 0.25) is 0 Å². The zero-order valence-electron chi connectivity index (χ0n) is 9.54. The molecule has 1 heterocycles. The smallest absolute Gasteiger partial charge is 0.354 e. The summed E-state index contributed by atoms with van der Waals surface area (Å²) in [6.45, 7) is 4.62. The molecule has 0 aromatic heterocycles. The van der Waals surface area contributed by atoms with Gasteiger partial charge in [0.05, 0.1) is 7.11 Å². The SMILES string of the molecule is C=C1C=C(C(=O)OC)NC1NC=CCNC. The van der Waals surface area contributed by atoms with Gasteiger partial charge in [-0.05, 0) is 24.9 Å². The van der Waals surface area contributed by atoms with Gasteiger partial charge in [-0.2, -0.15) is 0 Å². The number of carbonyl (C=O) groups excluding carboxylic acids is 1. The summed E-state index contributed by atoms with van der Waals surface area (Å²) in [6.07, 6.45) is 5.27. The van der Waals surface area contributed by atoms with Crippen LogP contribution in [0.2, 0.25) is 0 Å². The second kappa shape index (κ2) is 5.97. The Morgan fingerprint density at radius 3 is 3.12 bits per heavy atom. The third kappa shape index (κ3) is 3.13. The van der Waals surface area contributed by atoms with Gasteiger partial charge in [0.25, 0.3) is 0 Å². The van der Waals surface area contributed by atoms with Crippen molar-refractivity contribution in [1.29, 1.82) is 0 Å². The van der Waals surface area contributed by atoms with E-state index in [2.05, 4.69) is 27.3 Å². The van der Waals surface area contributed by atoms with Crippen LogP contribution < -0.4 is 16.0 Å². The zero-order chi connectivity index (χ0) is 12.0. The van der Waals surface area contributed by atoms with Crippen molar-refractivity contribution in [2.75, 3.05) is 20.7 Å². The standard InChI is InChI=1S/C11H17N3O2/c1-8-7-9(11(15)16-3)14-10(8)13-6-4-5-12-2/h4,6-7,10,12-14H,1,5H2,2-3H3. The van der Waals surface area contributed by atoms with Gasteiger partial charge >= 0.3 is 5.97 Å². The Morgan fingerprint density at radius 1 is 1.75 bits per heavy atom. The van der Waals surface area contributed by atoms with Gasteiger partial charge in [-0.15, -0.1) is 0 Å². The molecule has 5 heteroatoms. The predicted octanol–water partition coefficient (Wildman–Crippen LogP) is -0.148. The molecule has 0 saturated heterocycles. The molecule has 1 atom stereocenters. The highest BCUT2D eigenvalue weighted by molar-refractivity contribution is 5.89. The van der Waals surface area contributed by atoms with Crippen LogP contribution in [0.3, 0.4) is 0 Å². The Balaban J connectivity index is 2.44. The van der Waals surface area contributed by atoms with Gasteiger partial charge < -0.3 is 20.7 Å². The molecule has 1 aliphatic heterocycles. The molecule has 0 aliphatic carbocycles. The molecule has 88 valence electrons. The molecule has 0 bridgehead atoms. The van der Waals surface area contributed by atoms with Crippen molar-refractivity contribution >= 4 is 5.97 Å². The monoisotopic (exact) mass is 223 g/mol. The summed E-state index contributed by atoms with van der Waals surface area (Å²) in [5, 5.41) is 9.04. The quantitative estimate of drug-likeness (QED) is 0.566. The summed E-state index contributed by atoms with van der Waals surface area (Å²) in [5.74, 6) is -0.385. The van der Waals surface area contributed by atoms with Crippen LogP contribution in [0.25, 0.3) is 0 Å². The molecule has 5 nitrogen and oxygen atoms in total. The molecule has 0 saturated carbocycles. The Hall–Kier alpha value is -1.75. The van der Waals surface area contributed by atoms with Crippen LogP contribution >= 0.6 is 0 Å². The van der Waals surface area contributed by atoms with Crippen LogP contribution in [-0.2, 0) is 9.53 Å². The van der Waals surface area contributed by atoms with Gasteiger partial charge in [0, 0.05) is 6.54 Å². The van der Waals surface area contributed by atoms with E-state index in [1.54, 1.807) is 6.08 Å². The van der Waals surface area contributed by atoms with Crippen molar-refractivity contribution in [3.63, 3.8) is 0 Å². The molecule has 1 aliphatic rings. The molecule has 1 unspecified atom stereocenters. The third-order valence-electron chi connectivity index (χ3n) is 2.11. The van der Waals surface area contributed by atoms with Crippen molar-refractivity contribution in [1.82, 2.24) is 16.0 Å². The number of carbonyl (C=O) groups is 1. The van der Waals surface area contributed by atoms with Crippen molar-refractivity contribution in [2.24, 2.45) is 0 Å². The highest BCUT2D eigenvalue weighted by Gasteiger charge is 2.22. The molecular formula is C11H17N3O2. The molecular weight excluding hydrogens is 206 g/mol. The van der Waals surface area contributed by atoms with Crippen LogP contribution in [-0.4, -0.2) is 32.8 Å². The largest absolute Gasteiger partial charge is 0.464 e. The Labute approximate surface area is 95.2 Å². The van der Waals surface area contributed by atoms with E-state index in [-0.39, 0.29) is 12.1 Å². The van der Waals surface area contributed by atoms with E-state index in [0.29, 0.717) is 5.70 Å². The number of nitrogens with one attached hydrogen (secondary N) is 3. The summed E-state index contributed by atoms with van der Waals surface area (Å²) >= 11 is 0. The maximum Gasteiger partial charge on any atom is 0.354 e. The maximum absolute atomic E-state index is 11.2. The number of likely N-dealkylation sites (N-methyl/N-ethyl adjacent to an activating group) is 1. The summed E-state index contributed by atoms with van der Waals surface area (Å²) in [4.78, 5) is 11.2. The predicted molar refractivity (Wildman–Crippen MR) is 62.4 cm³/mol. The van der Waals surface area contributed by atoms with E-state index < -0.39 is 0 Å². The van der Waals surface area contributed by atoms with Gasteiger partial charge in [-0.1, -0.05) is 12.7 Å². The highest BCUT2D eigenvalue weighted by atomic mass is 16.5. The molecule has 0 fully saturated rings. The Bertz CT molecular complexity index is 334. The van der Waals surface area contributed by atoms with Crippen LogP contribution in [0.1, 0.15) is 0 Å². The van der Waals surface area contributed by atoms with Crippen molar-refractivity contribution in [2.45, 2.75) is 6.17 Å². The zero-order valence-corrected chi connectivity index (χ0v) is 9.54. The van der Waals surface area contributed by atoms with Crippen LogP contribution in [0.5, 0.6) is 0 Å². The number of hydrogen-bond acceptors (Lipinski definition) is 5. The van der Waals surface area contributed by atoms with Crippen LogP contribution in [0.15, 0.2) is 36.2 Å². The third-order valence-corrected chi connectivity index (χ3v) is 2.11. The minimum absolute atomic E-state index is 0.151. The van der Waals surface area contributed by atoms with Crippen molar-refractivity contribution in [3.05, 3.63) is 36.2 Å². The van der Waals surface area contributed by atoms with Gasteiger partial charge in [0.15, 0.2) is 0 Å². The number of methoxy groups -OCH3 is 1. The first-order chi connectivity index (χ1) is 7.69. The Morgan fingerprint density at radius 2 is 2.50 bits per heavy atom. The van der Waals surface area contributed by atoms with E-state index >= 15 is 0 Å². The number of ether oxygens (including phenoxy) is 1. The first-order valence-electron chi connectivity index (χ1n) is 5.00. The summed E-state index contributed by atoms with van der Waals surface area (Å²) < 4.78 is 4.61. The van der Waals surface area contributed by atoms with Crippen molar-refractivity contribution < 1.29 is 9.53 Å². The van der Waals surface area contributed by atoms with E-state index in [0.717, 1.165) is 12.1 Å². The van der Waals surface area contributed by atoms with E-state index in [9.17, 15) is 4.79 Å². The van der Waals surface area contributed by atoms with E-state index in [1.807, 2.05) is 19.3 Å². The lowest BCUT2D eigenvalue weighted by Crippen LogP contribution is -2.37. The molecule has 16 heavy (non-hydrogen) atoms. The highest BCUT2D eigenvalue weighted by Crippen LogP contribution is 2.13. The normalized spacial score (nSPS) is 19.5. The molecule has 0 amide bonds. The fraction of sp³-hybridized carbons (Fsp3) is 0.364. The van der Waals surface area contributed by atoms with Gasteiger partial charge in [-0.3, -0.25) is 0 Å². The average Bonchev–Trinajstić information content (AvgIpc) is 2.65. The summed E-state index contributed by atoms with van der Waals surface area (Å²) in [6, 6.07) is 0. The lowest BCUT2D eigenvalue weighted by atomic mass is 10.2. The van der Waals surface area contributed by atoms with Crippen LogP contribution in [0.4, 0.5) is 0 Å². The summed E-state index contributed by atoms with van der Waals surface area (Å²) in [7, 11) is 3.22. The molecule has 1 rings (SSSR count). The molecule has 0 aromatic carbocycles. The Kier molecular flexibility index (Phi) is 4.60.